The van der Waals surface area contributed by atoms with Crippen molar-refractivity contribution >= 4 is 15.7 Å². The molecule has 0 aliphatic rings. The van der Waals surface area contributed by atoms with Crippen LogP contribution in [0, 0.1) is 0 Å². The van der Waals surface area contributed by atoms with Crippen molar-refractivity contribution in [2.75, 3.05) is 5.75 Å². The monoisotopic (exact) mass is 381 g/mol. The molecule has 1 N–H and O–H groups in total. The molecule has 0 atom stereocenters. The summed E-state index contributed by atoms with van der Waals surface area (Å²) in [7, 11) is -2.89. The first-order valence-electron chi connectivity index (χ1n) is 9.64. The van der Waals surface area contributed by atoms with E-state index in [0.29, 0.717) is 11.3 Å². The normalized spacial score (nSPS) is 12.4. The first-order chi connectivity index (χ1) is 12.0. The van der Waals surface area contributed by atoms with Gasteiger partial charge in [0.25, 0.3) is 5.91 Å². The number of hydrogen-bond donors (Lipinski definition) is 1. The number of unbranched alkanes of at least 4 members (excludes halogenated alkanes) is 4. The number of hydrogen-bond acceptors (Lipinski definition) is 3. The van der Waals surface area contributed by atoms with Gasteiger partial charge in [0.15, 0.2) is 9.84 Å². The van der Waals surface area contributed by atoms with Gasteiger partial charge in [-0.25, -0.2) is 8.42 Å². The highest BCUT2D eigenvalue weighted by molar-refractivity contribution is 7.91. The summed E-state index contributed by atoms with van der Waals surface area (Å²) >= 11 is 0. The van der Waals surface area contributed by atoms with Gasteiger partial charge >= 0.3 is 0 Å². The molecule has 0 aliphatic carbocycles. The van der Waals surface area contributed by atoms with Gasteiger partial charge in [-0.05, 0) is 71.6 Å². The largest absolute Gasteiger partial charge is 0.347 e. The first-order valence-corrected chi connectivity index (χ1v) is 11.4. The van der Waals surface area contributed by atoms with Crippen LogP contribution >= 0.6 is 0 Å². The third-order valence-corrected chi connectivity index (χ3v) is 6.61. The van der Waals surface area contributed by atoms with E-state index >= 15 is 0 Å². The fraction of sp³-hybridized carbons (Fsp3) is 0.667. The molecule has 0 saturated carbocycles. The summed E-state index contributed by atoms with van der Waals surface area (Å²) in [5, 5.41) is 2.69. The maximum Gasteiger partial charge on any atom is 0.251 e. The number of sulfone groups is 1. The molecular weight excluding hydrogens is 346 g/mol. The molecule has 0 heterocycles. The van der Waals surface area contributed by atoms with Gasteiger partial charge in [-0.3, -0.25) is 4.79 Å². The lowest BCUT2D eigenvalue weighted by molar-refractivity contribution is 0.0919. The molecule has 148 valence electrons. The van der Waals surface area contributed by atoms with Gasteiger partial charge in [-0.15, -0.1) is 0 Å². The number of benzene rings is 1. The quantitative estimate of drug-likeness (QED) is 0.606. The number of nitrogens with one attached hydrogen (secondary N) is 1. The lowest BCUT2D eigenvalue weighted by Crippen LogP contribution is -2.40. The van der Waals surface area contributed by atoms with Gasteiger partial charge in [0.2, 0.25) is 0 Å². The SMILES string of the molecule is CC(C)S(=O)(=O)CCCCCCCc1ccc(C(=O)NC(C)(C)C)cc1. The minimum atomic E-state index is -2.89. The summed E-state index contributed by atoms with van der Waals surface area (Å²) in [4.78, 5) is 12.1. The van der Waals surface area contributed by atoms with Gasteiger partial charge in [-0.2, -0.15) is 0 Å². The second-order valence-electron chi connectivity index (χ2n) is 8.33. The summed E-state index contributed by atoms with van der Waals surface area (Å²) in [6.45, 7) is 9.40. The van der Waals surface area contributed by atoms with E-state index < -0.39 is 9.84 Å². The Morgan fingerprint density at radius 2 is 1.50 bits per heavy atom. The summed E-state index contributed by atoms with van der Waals surface area (Å²) < 4.78 is 23.5. The van der Waals surface area contributed by atoms with Crippen molar-refractivity contribution < 1.29 is 13.2 Å². The van der Waals surface area contributed by atoms with Crippen LogP contribution in [0.5, 0.6) is 0 Å². The number of rotatable bonds is 10. The van der Waals surface area contributed by atoms with E-state index in [4.69, 9.17) is 0 Å². The lowest BCUT2D eigenvalue weighted by Gasteiger charge is -2.20. The van der Waals surface area contributed by atoms with Crippen LogP contribution in [0.2, 0.25) is 0 Å². The molecule has 4 nitrogen and oxygen atoms in total. The molecule has 5 heteroatoms. The van der Waals surface area contributed by atoms with Crippen LogP contribution in [0.25, 0.3) is 0 Å². The van der Waals surface area contributed by atoms with E-state index in [1.165, 1.54) is 5.56 Å². The van der Waals surface area contributed by atoms with Crippen LogP contribution in [-0.2, 0) is 16.3 Å². The van der Waals surface area contributed by atoms with Crippen LogP contribution in [0.3, 0.4) is 0 Å². The standard InChI is InChI=1S/C21H35NO3S/c1-17(2)26(24,25)16-10-8-6-7-9-11-18-12-14-19(15-13-18)20(23)22-21(3,4)5/h12-15,17H,6-11,16H2,1-5H3,(H,22,23). The average molecular weight is 382 g/mol. The zero-order valence-corrected chi connectivity index (χ0v) is 17.8. The van der Waals surface area contributed by atoms with Crippen molar-refractivity contribution in [2.45, 2.75) is 83.9 Å². The summed E-state index contributed by atoms with van der Waals surface area (Å²) in [5.41, 5.74) is 1.69. The smallest absolute Gasteiger partial charge is 0.251 e. The van der Waals surface area contributed by atoms with Crippen molar-refractivity contribution in [2.24, 2.45) is 0 Å². The van der Waals surface area contributed by atoms with Gasteiger partial charge in [0.05, 0.1) is 11.0 Å². The van der Waals surface area contributed by atoms with Crippen LogP contribution < -0.4 is 5.32 Å². The minimum absolute atomic E-state index is 0.0413. The maximum atomic E-state index is 12.1. The van der Waals surface area contributed by atoms with E-state index in [-0.39, 0.29) is 16.7 Å². The highest BCUT2D eigenvalue weighted by atomic mass is 32.2. The van der Waals surface area contributed by atoms with E-state index in [1.807, 2.05) is 45.0 Å². The summed E-state index contributed by atoms with van der Waals surface area (Å²) in [5.74, 6) is 0.267. The zero-order chi connectivity index (χ0) is 19.8. The van der Waals surface area contributed by atoms with Crippen LogP contribution in [-0.4, -0.2) is 30.9 Å². The minimum Gasteiger partial charge on any atom is -0.347 e. The zero-order valence-electron chi connectivity index (χ0n) is 17.0. The Bertz CT molecular complexity index is 655. The molecule has 0 spiro atoms. The van der Waals surface area contributed by atoms with Crippen molar-refractivity contribution in [3.8, 4) is 0 Å². The molecule has 0 aliphatic heterocycles. The molecule has 26 heavy (non-hydrogen) atoms. The van der Waals surface area contributed by atoms with Crippen molar-refractivity contribution in [3.05, 3.63) is 35.4 Å². The number of carbonyl (C=O) groups is 1. The number of amides is 1. The molecule has 0 unspecified atom stereocenters. The predicted octanol–water partition coefficient (Wildman–Crippen LogP) is 4.53. The Morgan fingerprint density at radius 1 is 0.962 bits per heavy atom. The van der Waals surface area contributed by atoms with Gasteiger partial charge in [0.1, 0.15) is 0 Å². The summed E-state index contributed by atoms with van der Waals surface area (Å²) in [6, 6.07) is 7.81. The Hall–Kier alpha value is -1.36. The fourth-order valence-electron chi connectivity index (χ4n) is 2.63. The third-order valence-electron chi connectivity index (χ3n) is 4.32. The third kappa shape index (κ3) is 8.84. The predicted molar refractivity (Wildman–Crippen MR) is 109 cm³/mol. The van der Waals surface area contributed by atoms with Crippen LogP contribution in [0.1, 0.15) is 82.6 Å². The number of carbonyl (C=O) groups excluding carboxylic acids is 1. The average Bonchev–Trinajstić information content (AvgIpc) is 2.52. The fourth-order valence-corrected chi connectivity index (χ4v) is 3.71. The molecule has 0 bridgehead atoms. The van der Waals surface area contributed by atoms with Crippen molar-refractivity contribution in [1.82, 2.24) is 5.32 Å². The molecule has 1 amide bonds. The first kappa shape index (κ1) is 22.7. The summed E-state index contributed by atoms with van der Waals surface area (Å²) in [6.07, 6.45) is 5.99. The second kappa shape index (κ2) is 10.1. The Labute approximate surface area is 159 Å². The van der Waals surface area contributed by atoms with Gasteiger partial charge in [0, 0.05) is 11.1 Å². The lowest BCUT2D eigenvalue weighted by atomic mass is 10.0. The van der Waals surface area contributed by atoms with Gasteiger partial charge in [-0.1, -0.05) is 31.4 Å². The van der Waals surface area contributed by atoms with Crippen LogP contribution in [0.4, 0.5) is 0 Å². The second-order valence-corrected chi connectivity index (χ2v) is 11.0. The highest BCUT2D eigenvalue weighted by Crippen LogP contribution is 2.13. The molecule has 1 aromatic rings. The number of aryl methyl sites for hydroxylation is 1. The van der Waals surface area contributed by atoms with Gasteiger partial charge < -0.3 is 5.32 Å². The van der Waals surface area contributed by atoms with E-state index in [2.05, 4.69) is 5.32 Å². The van der Waals surface area contributed by atoms with Crippen molar-refractivity contribution in [1.29, 1.82) is 0 Å². The Morgan fingerprint density at radius 3 is 2.04 bits per heavy atom. The van der Waals surface area contributed by atoms with E-state index in [1.54, 1.807) is 13.8 Å². The van der Waals surface area contributed by atoms with Crippen molar-refractivity contribution in [3.63, 3.8) is 0 Å². The Kier molecular flexibility index (Phi) is 8.81. The molecule has 0 radical (unpaired) electrons. The molecule has 1 aromatic carbocycles. The van der Waals surface area contributed by atoms with E-state index in [0.717, 1.165) is 38.5 Å². The maximum absolute atomic E-state index is 12.1. The molecule has 1 rings (SSSR count). The molecular formula is C21H35NO3S. The van der Waals surface area contributed by atoms with Crippen LogP contribution in [0.15, 0.2) is 24.3 Å². The topological polar surface area (TPSA) is 63.2 Å². The molecule has 0 fully saturated rings. The highest BCUT2D eigenvalue weighted by Gasteiger charge is 2.15. The molecule has 0 saturated heterocycles. The van der Waals surface area contributed by atoms with E-state index in [9.17, 15) is 13.2 Å². The molecule has 0 aromatic heterocycles. The Balaban J connectivity index is 2.25.